The smallest absolute Gasteiger partial charge is 0.229 e. The average Bonchev–Trinajstić information content (AvgIpc) is 2.88. The highest BCUT2D eigenvalue weighted by atomic mass is 16.5. The van der Waals surface area contributed by atoms with Crippen molar-refractivity contribution in [2.45, 2.75) is 19.9 Å². The maximum absolute atomic E-state index is 12.0. The Kier molecular flexibility index (Phi) is 4.24. The molecule has 2 N–H and O–H groups in total. The zero-order valence-corrected chi connectivity index (χ0v) is 11.5. The van der Waals surface area contributed by atoms with Crippen LogP contribution in [0.25, 0.3) is 0 Å². The normalized spacial score (nSPS) is 10.3. The Morgan fingerprint density at radius 1 is 1.50 bits per heavy atom. The highest BCUT2D eigenvalue weighted by Crippen LogP contribution is 2.24. The maximum atomic E-state index is 12.0. The van der Waals surface area contributed by atoms with Crippen LogP contribution in [-0.2, 0) is 17.8 Å². The van der Waals surface area contributed by atoms with Gasteiger partial charge >= 0.3 is 0 Å². The Morgan fingerprint density at radius 2 is 2.30 bits per heavy atom. The number of carbonyl (C=O) groups is 1. The second-order valence-electron chi connectivity index (χ2n) is 4.31. The molecule has 0 unspecified atom stereocenters. The number of aryl methyl sites for hydroxylation is 1. The van der Waals surface area contributed by atoms with E-state index in [1.807, 2.05) is 6.92 Å². The molecule has 0 bridgehead atoms. The van der Waals surface area contributed by atoms with Crippen LogP contribution in [0.2, 0.25) is 0 Å². The summed E-state index contributed by atoms with van der Waals surface area (Å²) in [6.07, 6.45) is 3.54. The van der Waals surface area contributed by atoms with Crippen molar-refractivity contribution >= 4 is 11.6 Å². The molecule has 0 aliphatic rings. The van der Waals surface area contributed by atoms with E-state index in [0.717, 1.165) is 6.54 Å². The van der Waals surface area contributed by atoms with Gasteiger partial charge in [-0.2, -0.15) is 5.10 Å². The lowest BCUT2D eigenvalue weighted by Crippen LogP contribution is -2.14. The van der Waals surface area contributed by atoms with Crippen molar-refractivity contribution < 1.29 is 14.6 Å². The number of ether oxygens (including phenoxy) is 1. The third-order valence-electron chi connectivity index (χ3n) is 2.86. The molecule has 6 heteroatoms. The average molecular weight is 275 g/mol. The van der Waals surface area contributed by atoms with E-state index in [2.05, 4.69) is 10.4 Å². The number of hydrogen-bond acceptors (Lipinski definition) is 4. The van der Waals surface area contributed by atoms with Crippen LogP contribution in [0.3, 0.4) is 0 Å². The lowest BCUT2D eigenvalue weighted by atomic mass is 10.1. The fourth-order valence-electron chi connectivity index (χ4n) is 1.86. The SMILES string of the molecule is CCn1cc(NC(=O)Cc2ccc(O)cc2OC)cn1. The molecule has 0 saturated heterocycles. The summed E-state index contributed by atoms with van der Waals surface area (Å²) < 4.78 is 6.88. The molecule has 1 amide bonds. The number of aromatic hydroxyl groups is 1. The van der Waals surface area contributed by atoms with Crippen LogP contribution in [0.15, 0.2) is 30.6 Å². The van der Waals surface area contributed by atoms with Gasteiger partial charge in [0.1, 0.15) is 11.5 Å². The molecule has 0 fully saturated rings. The quantitative estimate of drug-likeness (QED) is 0.872. The number of methoxy groups -OCH3 is 1. The number of phenols is 1. The van der Waals surface area contributed by atoms with E-state index in [-0.39, 0.29) is 18.1 Å². The Labute approximate surface area is 117 Å². The molecule has 0 aliphatic heterocycles. The molecule has 106 valence electrons. The van der Waals surface area contributed by atoms with Crippen LogP contribution < -0.4 is 10.1 Å². The fourth-order valence-corrected chi connectivity index (χ4v) is 1.86. The Balaban J connectivity index is 2.04. The summed E-state index contributed by atoms with van der Waals surface area (Å²) in [5.41, 5.74) is 1.38. The van der Waals surface area contributed by atoms with Gasteiger partial charge in [0.25, 0.3) is 0 Å². The first kappa shape index (κ1) is 13.9. The predicted octanol–water partition coefficient (Wildman–Crippen LogP) is 1.80. The Morgan fingerprint density at radius 3 is 2.95 bits per heavy atom. The number of nitrogens with one attached hydrogen (secondary N) is 1. The topological polar surface area (TPSA) is 76.4 Å². The lowest BCUT2D eigenvalue weighted by Gasteiger charge is -2.08. The molecule has 1 aromatic heterocycles. The fraction of sp³-hybridized carbons (Fsp3) is 0.286. The highest BCUT2D eigenvalue weighted by molar-refractivity contribution is 5.92. The summed E-state index contributed by atoms with van der Waals surface area (Å²) in [6.45, 7) is 2.72. The molecule has 6 nitrogen and oxygen atoms in total. The number of amides is 1. The summed E-state index contributed by atoms with van der Waals surface area (Å²) >= 11 is 0. The number of rotatable bonds is 5. The van der Waals surface area contributed by atoms with Crippen LogP contribution in [0.5, 0.6) is 11.5 Å². The van der Waals surface area contributed by atoms with Crippen molar-refractivity contribution in [1.82, 2.24) is 9.78 Å². The van der Waals surface area contributed by atoms with Crippen molar-refractivity contribution in [3.63, 3.8) is 0 Å². The van der Waals surface area contributed by atoms with Gasteiger partial charge in [0.15, 0.2) is 0 Å². The van der Waals surface area contributed by atoms with E-state index in [9.17, 15) is 9.90 Å². The van der Waals surface area contributed by atoms with E-state index >= 15 is 0 Å². The Hall–Kier alpha value is -2.50. The number of nitrogens with zero attached hydrogens (tertiary/aromatic N) is 2. The molecule has 20 heavy (non-hydrogen) atoms. The molecule has 0 saturated carbocycles. The van der Waals surface area contributed by atoms with Crippen LogP contribution in [0.1, 0.15) is 12.5 Å². The minimum atomic E-state index is -0.162. The van der Waals surface area contributed by atoms with Crippen LogP contribution in [0.4, 0.5) is 5.69 Å². The molecule has 0 radical (unpaired) electrons. The first-order valence-corrected chi connectivity index (χ1v) is 6.30. The third-order valence-corrected chi connectivity index (χ3v) is 2.86. The molecule has 1 heterocycles. The number of phenolic OH excluding ortho intramolecular Hbond substituents is 1. The number of benzene rings is 1. The maximum Gasteiger partial charge on any atom is 0.229 e. The number of anilines is 1. The summed E-state index contributed by atoms with van der Waals surface area (Å²) in [7, 11) is 1.50. The van der Waals surface area contributed by atoms with E-state index in [1.165, 1.54) is 19.2 Å². The monoisotopic (exact) mass is 275 g/mol. The first-order chi connectivity index (χ1) is 9.62. The number of carbonyl (C=O) groups excluding carboxylic acids is 1. The molecule has 0 aliphatic carbocycles. The van der Waals surface area contributed by atoms with Crippen LogP contribution in [-0.4, -0.2) is 27.9 Å². The zero-order chi connectivity index (χ0) is 14.5. The molecule has 0 spiro atoms. The molecular weight excluding hydrogens is 258 g/mol. The van der Waals surface area contributed by atoms with Crippen LogP contribution in [0, 0.1) is 0 Å². The molecule has 2 aromatic rings. The zero-order valence-electron chi connectivity index (χ0n) is 11.5. The van der Waals surface area contributed by atoms with Gasteiger partial charge in [-0.1, -0.05) is 6.07 Å². The van der Waals surface area contributed by atoms with Gasteiger partial charge in [-0.3, -0.25) is 9.48 Å². The van der Waals surface area contributed by atoms with Crippen molar-refractivity contribution in [1.29, 1.82) is 0 Å². The Bertz CT molecular complexity index is 607. The van der Waals surface area contributed by atoms with Crippen molar-refractivity contribution in [2.75, 3.05) is 12.4 Å². The summed E-state index contributed by atoms with van der Waals surface area (Å²) in [4.78, 5) is 12.0. The van der Waals surface area contributed by atoms with Gasteiger partial charge in [-0.15, -0.1) is 0 Å². The summed E-state index contributed by atoms with van der Waals surface area (Å²) in [5, 5.41) is 16.2. The van der Waals surface area contributed by atoms with Gasteiger partial charge in [0, 0.05) is 24.4 Å². The standard InChI is InChI=1S/C14H17N3O3/c1-3-17-9-11(8-15-17)16-14(19)6-10-4-5-12(18)7-13(10)20-2/h4-5,7-9,18H,3,6H2,1-2H3,(H,16,19). The van der Waals surface area contributed by atoms with E-state index in [4.69, 9.17) is 4.74 Å². The lowest BCUT2D eigenvalue weighted by molar-refractivity contribution is -0.115. The van der Waals surface area contributed by atoms with Crippen LogP contribution >= 0.6 is 0 Å². The van der Waals surface area contributed by atoms with Gasteiger partial charge in [0.05, 0.1) is 25.4 Å². The van der Waals surface area contributed by atoms with Gasteiger partial charge < -0.3 is 15.2 Å². The van der Waals surface area contributed by atoms with E-state index in [0.29, 0.717) is 17.0 Å². The summed E-state index contributed by atoms with van der Waals surface area (Å²) in [6, 6.07) is 4.68. The van der Waals surface area contributed by atoms with Gasteiger partial charge in [-0.25, -0.2) is 0 Å². The van der Waals surface area contributed by atoms with Crippen molar-refractivity contribution in [3.05, 3.63) is 36.2 Å². The van der Waals surface area contributed by atoms with E-state index in [1.54, 1.807) is 23.1 Å². The first-order valence-electron chi connectivity index (χ1n) is 6.30. The summed E-state index contributed by atoms with van der Waals surface area (Å²) in [5.74, 6) is 0.435. The van der Waals surface area contributed by atoms with Gasteiger partial charge in [-0.05, 0) is 13.0 Å². The molecule has 2 rings (SSSR count). The minimum Gasteiger partial charge on any atom is -0.508 e. The molecule has 1 aromatic carbocycles. The van der Waals surface area contributed by atoms with E-state index < -0.39 is 0 Å². The second-order valence-corrected chi connectivity index (χ2v) is 4.31. The minimum absolute atomic E-state index is 0.107. The van der Waals surface area contributed by atoms with Crippen molar-refractivity contribution in [2.24, 2.45) is 0 Å². The molecular formula is C14H17N3O3. The number of aromatic nitrogens is 2. The third kappa shape index (κ3) is 3.28. The number of hydrogen-bond donors (Lipinski definition) is 2. The van der Waals surface area contributed by atoms with Gasteiger partial charge in [0.2, 0.25) is 5.91 Å². The predicted molar refractivity (Wildman–Crippen MR) is 74.9 cm³/mol. The second kappa shape index (κ2) is 6.10. The highest BCUT2D eigenvalue weighted by Gasteiger charge is 2.10. The molecule has 0 atom stereocenters. The van der Waals surface area contributed by atoms with Crippen molar-refractivity contribution in [3.8, 4) is 11.5 Å². The largest absolute Gasteiger partial charge is 0.508 e.